The predicted molar refractivity (Wildman–Crippen MR) is 121 cm³/mol. The summed E-state index contributed by atoms with van der Waals surface area (Å²) in [5.74, 6) is 1.22. The van der Waals surface area contributed by atoms with Crippen molar-refractivity contribution < 1.29 is 9.47 Å². The van der Waals surface area contributed by atoms with E-state index >= 15 is 0 Å². The molecule has 2 aliphatic heterocycles. The number of benzene rings is 1. The molecule has 1 aromatic carbocycles. The molecule has 30 heavy (non-hydrogen) atoms. The summed E-state index contributed by atoms with van der Waals surface area (Å²) >= 11 is 6.33. The van der Waals surface area contributed by atoms with E-state index in [-0.39, 0.29) is 29.1 Å². The molecule has 0 bridgehead atoms. The predicted octanol–water partition coefficient (Wildman–Crippen LogP) is 3.28. The SMILES string of the molecule is Cl.O=c1c(Cl)c(NC[C@H]2CCCOC2)cnn1-c1ccc(OC2CCNCC2)cc1. The van der Waals surface area contributed by atoms with E-state index in [9.17, 15) is 4.79 Å². The number of rotatable bonds is 6. The summed E-state index contributed by atoms with van der Waals surface area (Å²) in [6.45, 7) is 4.24. The minimum Gasteiger partial charge on any atom is -0.490 e. The van der Waals surface area contributed by atoms with Gasteiger partial charge in [0.05, 0.1) is 24.2 Å². The second-order valence-electron chi connectivity index (χ2n) is 7.61. The summed E-state index contributed by atoms with van der Waals surface area (Å²) in [7, 11) is 0. The van der Waals surface area contributed by atoms with Gasteiger partial charge in [-0.05, 0) is 69.0 Å². The monoisotopic (exact) mass is 454 g/mol. The maximum Gasteiger partial charge on any atom is 0.292 e. The fourth-order valence-corrected chi connectivity index (χ4v) is 3.93. The molecule has 9 heteroatoms. The van der Waals surface area contributed by atoms with E-state index in [4.69, 9.17) is 21.1 Å². The quantitative estimate of drug-likeness (QED) is 0.697. The molecule has 0 unspecified atom stereocenters. The number of anilines is 1. The summed E-state index contributed by atoms with van der Waals surface area (Å²) < 4.78 is 12.8. The van der Waals surface area contributed by atoms with Crippen molar-refractivity contribution in [1.82, 2.24) is 15.1 Å². The molecule has 7 nitrogen and oxygen atoms in total. The fourth-order valence-electron chi connectivity index (χ4n) is 3.73. The third kappa shape index (κ3) is 5.66. The third-order valence-corrected chi connectivity index (χ3v) is 5.79. The fraction of sp³-hybridized carbons (Fsp3) is 0.524. The van der Waals surface area contributed by atoms with Crippen molar-refractivity contribution in [2.45, 2.75) is 31.8 Å². The molecule has 2 aliphatic rings. The van der Waals surface area contributed by atoms with Crippen molar-refractivity contribution in [2.75, 3.05) is 38.2 Å². The van der Waals surface area contributed by atoms with Crippen LogP contribution in [0.5, 0.6) is 5.75 Å². The number of nitrogens with one attached hydrogen (secondary N) is 2. The number of nitrogens with zero attached hydrogens (tertiary/aromatic N) is 2. The lowest BCUT2D eigenvalue weighted by molar-refractivity contribution is 0.0595. The Hall–Kier alpha value is -1.80. The largest absolute Gasteiger partial charge is 0.490 e. The maximum absolute atomic E-state index is 12.7. The van der Waals surface area contributed by atoms with Gasteiger partial charge in [0.2, 0.25) is 0 Å². The lowest BCUT2D eigenvalue weighted by Crippen LogP contribution is -2.34. The van der Waals surface area contributed by atoms with E-state index < -0.39 is 0 Å². The highest BCUT2D eigenvalue weighted by Gasteiger charge is 2.17. The van der Waals surface area contributed by atoms with Gasteiger partial charge in [0, 0.05) is 13.2 Å². The van der Waals surface area contributed by atoms with Crippen molar-refractivity contribution in [3.05, 3.63) is 45.8 Å². The summed E-state index contributed by atoms with van der Waals surface area (Å²) in [4.78, 5) is 12.7. The van der Waals surface area contributed by atoms with E-state index in [0.717, 1.165) is 57.7 Å². The van der Waals surface area contributed by atoms with Gasteiger partial charge in [-0.1, -0.05) is 11.6 Å². The van der Waals surface area contributed by atoms with Crippen molar-refractivity contribution in [3.8, 4) is 11.4 Å². The van der Waals surface area contributed by atoms with Gasteiger partial charge in [0.25, 0.3) is 5.56 Å². The van der Waals surface area contributed by atoms with E-state index in [1.54, 1.807) is 6.20 Å². The second-order valence-corrected chi connectivity index (χ2v) is 7.99. The van der Waals surface area contributed by atoms with Crippen LogP contribution in [0.4, 0.5) is 5.69 Å². The van der Waals surface area contributed by atoms with Crippen LogP contribution in [-0.4, -0.2) is 48.7 Å². The smallest absolute Gasteiger partial charge is 0.292 e. The first-order valence-corrected chi connectivity index (χ1v) is 10.7. The normalized spacial score (nSPS) is 19.7. The molecule has 2 N–H and O–H groups in total. The number of ether oxygens (including phenoxy) is 2. The topological polar surface area (TPSA) is 77.4 Å². The zero-order chi connectivity index (χ0) is 20.1. The highest BCUT2D eigenvalue weighted by molar-refractivity contribution is 6.32. The van der Waals surface area contributed by atoms with Crippen molar-refractivity contribution in [3.63, 3.8) is 0 Å². The first-order chi connectivity index (χ1) is 14.2. The number of aromatic nitrogens is 2. The van der Waals surface area contributed by atoms with Gasteiger partial charge in [-0.15, -0.1) is 12.4 Å². The number of hydrogen-bond acceptors (Lipinski definition) is 6. The maximum atomic E-state index is 12.7. The molecule has 3 heterocycles. The van der Waals surface area contributed by atoms with Crippen molar-refractivity contribution in [2.24, 2.45) is 5.92 Å². The molecule has 0 amide bonds. The van der Waals surface area contributed by atoms with E-state index in [0.29, 0.717) is 23.8 Å². The van der Waals surface area contributed by atoms with Gasteiger partial charge >= 0.3 is 0 Å². The molecule has 2 aromatic rings. The van der Waals surface area contributed by atoms with Gasteiger partial charge in [-0.2, -0.15) is 9.78 Å². The summed E-state index contributed by atoms with van der Waals surface area (Å²) in [6.07, 6.45) is 6.02. The van der Waals surface area contributed by atoms with E-state index in [1.807, 2.05) is 24.3 Å². The van der Waals surface area contributed by atoms with Crippen LogP contribution in [0.25, 0.3) is 5.69 Å². The molecule has 0 aliphatic carbocycles. The van der Waals surface area contributed by atoms with Crippen LogP contribution in [0.2, 0.25) is 5.02 Å². The Morgan fingerprint density at radius 1 is 1.23 bits per heavy atom. The molecule has 2 saturated heterocycles. The van der Waals surface area contributed by atoms with E-state index in [1.165, 1.54) is 4.68 Å². The molecule has 4 rings (SSSR count). The van der Waals surface area contributed by atoms with Gasteiger partial charge in [0.1, 0.15) is 16.9 Å². The molecular formula is C21H28Cl2N4O3. The zero-order valence-electron chi connectivity index (χ0n) is 16.8. The molecule has 164 valence electrons. The molecule has 1 aromatic heterocycles. The Bertz CT molecular complexity index is 864. The van der Waals surface area contributed by atoms with Crippen LogP contribution in [-0.2, 0) is 4.74 Å². The standard InChI is InChI=1S/C21H27ClN4O3.ClH/c22-20-19(24-12-15-2-1-11-28-14-15)13-25-26(21(20)27)16-3-5-17(6-4-16)29-18-7-9-23-10-8-18;/h3-6,13,15,18,23-24H,1-2,7-12,14H2;1H/t15-;/m1./s1. The molecule has 0 saturated carbocycles. The average molecular weight is 455 g/mol. The minimum absolute atomic E-state index is 0. The van der Waals surface area contributed by atoms with Crippen LogP contribution in [0.3, 0.4) is 0 Å². The molecular weight excluding hydrogens is 427 g/mol. The lowest BCUT2D eigenvalue weighted by atomic mass is 10.0. The number of hydrogen-bond donors (Lipinski definition) is 2. The van der Waals surface area contributed by atoms with Gasteiger partial charge in [-0.3, -0.25) is 4.79 Å². The summed E-state index contributed by atoms with van der Waals surface area (Å²) in [5, 5.41) is 11.0. The highest BCUT2D eigenvalue weighted by Crippen LogP contribution is 2.21. The number of halogens is 2. The summed E-state index contributed by atoms with van der Waals surface area (Å²) in [5.41, 5.74) is 0.870. The Morgan fingerprint density at radius 2 is 2.00 bits per heavy atom. The first kappa shape index (κ1) is 22.9. The van der Waals surface area contributed by atoms with Crippen LogP contribution < -0.4 is 20.9 Å². The van der Waals surface area contributed by atoms with Crippen LogP contribution in [0, 0.1) is 5.92 Å². The zero-order valence-corrected chi connectivity index (χ0v) is 18.4. The van der Waals surface area contributed by atoms with Gasteiger partial charge in [0.15, 0.2) is 0 Å². The Morgan fingerprint density at radius 3 is 2.70 bits per heavy atom. The van der Waals surface area contributed by atoms with Gasteiger partial charge < -0.3 is 20.1 Å². The van der Waals surface area contributed by atoms with Crippen LogP contribution in [0.15, 0.2) is 35.3 Å². The molecule has 2 fully saturated rings. The summed E-state index contributed by atoms with van der Waals surface area (Å²) in [6, 6.07) is 7.39. The Kier molecular flexibility index (Phi) is 8.39. The Labute approximate surface area is 187 Å². The van der Waals surface area contributed by atoms with Crippen molar-refractivity contribution in [1.29, 1.82) is 0 Å². The second kappa shape index (κ2) is 11.0. The molecule has 1 atom stereocenters. The first-order valence-electron chi connectivity index (χ1n) is 10.3. The third-order valence-electron chi connectivity index (χ3n) is 5.42. The van der Waals surface area contributed by atoms with Crippen LogP contribution in [0.1, 0.15) is 25.7 Å². The molecule has 0 spiro atoms. The minimum atomic E-state index is -0.344. The van der Waals surface area contributed by atoms with Gasteiger partial charge in [-0.25, -0.2) is 0 Å². The van der Waals surface area contributed by atoms with E-state index in [2.05, 4.69) is 15.7 Å². The lowest BCUT2D eigenvalue weighted by Gasteiger charge is -2.24. The number of piperidine rings is 1. The van der Waals surface area contributed by atoms with Crippen molar-refractivity contribution >= 4 is 29.7 Å². The highest BCUT2D eigenvalue weighted by atomic mass is 35.5. The van der Waals surface area contributed by atoms with Crippen LogP contribution >= 0.6 is 24.0 Å². The Balaban J connectivity index is 0.00000256. The average Bonchev–Trinajstić information content (AvgIpc) is 2.77. The molecule has 0 radical (unpaired) electrons.